The number of hydrogen-bond donors (Lipinski definition) is 3. The highest BCUT2D eigenvalue weighted by molar-refractivity contribution is 14.0. The van der Waals surface area contributed by atoms with E-state index in [-0.39, 0.29) is 24.0 Å². The molecule has 0 saturated heterocycles. The molecule has 1 unspecified atom stereocenters. The lowest BCUT2D eigenvalue weighted by molar-refractivity contribution is 0.110. The number of nitrogens with zero attached hydrogens (tertiary/aromatic N) is 1. The van der Waals surface area contributed by atoms with Crippen molar-refractivity contribution in [3.05, 3.63) is 64.7 Å². The van der Waals surface area contributed by atoms with E-state index in [2.05, 4.69) is 21.7 Å². The Labute approximate surface area is 203 Å². The van der Waals surface area contributed by atoms with E-state index in [4.69, 9.17) is 9.47 Å². The molecule has 0 bridgehead atoms. The third-order valence-electron chi connectivity index (χ3n) is 4.55. The minimum atomic E-state index is -0.606. The van der Waals surface area contributed by atoms with Crippen LogP contribution >= 0.6 is 24.0 Å². The summed E-state index contributed by atoms with van der Waals surface area (Å²) >= 11 is 0. The topological polar surface area (TPSA) is 75.1 Å². The fourth-order valence-electron chi connectivity index (χ4n) is 2.98. The maximum Gasteiger partial charge on any atom is 0.191 e. The number of benzene rings is 2. The van der Waals surface area contributed by atoms with Gasteiger partial charge in [0.15, 0.2) is 5.96 Å². The summed E-state index contributed by atoms with van der Waals surface area (Å²) in [5.74, 6) is 1.49. The number of aryl methyl sites for hydroxylation is 2. The van der Waals surface area contributed by atoms with Gasteiger partial charge in [0.05, 0.1) is 19.3 Å². The SMILES string of the molecule is CCNC(=NCc1ccc(C)cc1OCCOCC)NCC(O)c1cccc(C)c1.I. The average Bonchev–Trinajstić information content (AvgIpc) is 2.74. The minimum Gasteiger partial charge on any atom is -0.491 e. The number of hydrogen-bond acceptors (Lipinski definition) is 4. The predicted molar refractivity (Wildman–Crippen MR) is 138 cm³/mol. The van der Waals surface area contributed by atoms with Gasteiger partial charge >= 0.3 is 0 Å². The molecule has 0 spiro atoms. The van der Waals surface area contributed by atoms with Crippen LogP contribution in [0, 0.1) is 13.8 Å². The smallest absolute Gasteiger partial charge is 0.191 e. The lowest BCUT2D eigenvalue weighted by Crippen LogP contribution is -2.39. The van der Waals surface area contributed by atoms with Crippen molar-refractivity contribution in [2.75, 3.05) is 32.9 Å². The molecule has 0 aliphatic rings. The zero-order valence-electron chi connectivity index (χ0n) is 19.0. The van der Waals surface area contributed by atoms with Crippen molar-refractivity contribution in [1.82, 2.24) is 10.6 Å². The second kappa shape index (κ2) is 15.0. The number of halogens is 1. The van der Waals surface area contributed by atoms with Crippen LogP contribution in [0.1, 0.15) is 42.2 Å². The molecule has 2 rings (SSSR count). The molecular formula is C24H36IN3O3. The summed E-state index contributed by atoms with van der Waals surface area (Å²) in [6.45, 7) is 11.4. The standard InChI is InChI=1S/C24H35N3O3.HI/c1-5-25-24(27-17-22(28)20-9-7-8-18(3)14-20)26-16-21-11-10-19(4)15-23(21)30-13-12-29-6-2;/h7-11,14-15,22,28H,5-6,12-13,16-17H2,1-4H3,(H2,25,26,27);1H. The van der Waals surface area contributed by atoms with Crippen molar-refractivity contribution in [2.24, 2.45) is 4.99 Å². The van der Waals surface area contributed by atoms with Gasteiger partial charge in [-0.3, -0.25) is 0 Å². The normalized spacial score (nSPS) is 12.1. The first-order valence-electron chi connectivity index (χ1n) is 10.6. The zero-order chi connectivity index (χ0) is 21.8. The van der Waals surface area contributed by atoms with E-state index in [1.165, 1.54) is 0 Å². The van der Waals surface area contributed by atoms with Gasteiger partial charge in [0.1, 0.15) is 12.4 Å². The molecule has 3 N–H and O–H groups in total. The van der Waals surface area contributed by atoms with Gasteiger partial charge in [0, 0.05) is 25.3 Å². The van der Waals surface area contributed by atoms with E-state index in [0.717, 1.165) is 34.5 Å². The fourth-order valence-corrected chi connectivity index (χ4v) is 2.98. The van der Waals surface area contributed by atoms with Gasteiger partial charge in [-0.05, 0) is 44.9 Å². The molecule has 1 atom stereocenters. The Balaban J connectivity index is 0.00000480. The molecule has 0 saturated carbocycles. The molecule has 0 amide bonds. The molecule has 2 aromatic rings. The molecule has 0 fully saturated rings. The van der Waals surface area contributed by atoms with Crippen LogP contribution in [-0.4, -0.2) is 44.0 Å². The van der Waals surface area contributed by atoms with Crippen molar-refractivity contribution in [3.63, 3.8) is 0 Å². The number of aliphatic hydroxyl groups is 1. The molecule has 172 valence electrons. The first kappa shape index (κ1) is 27.2. The van der Waals surface area contributed by atoms with E-state index in [1.54, 1.807) is 0 Å². The van der Waals surface area contributed by atoms with Crippen molar-refractivity contribution >= 4 is 29.9 Å². The highest BCUT2D eigenvalue weighted by atomic mass is 127. The molecule has 2 aromatic carbocycles. The van der Waals surface area contributed by atoms with Crippen molar-refractivity contribution in [1.29, 1.82) is 0 Å². The van der Waals surface area contributed by atoms with Crippen LogP contribution in [0.5, 0.6) is 5.75 Å². The first-order chi connectivity index (χ1) is 14.5. The molecule has 0 radical (unpaired) electrons. The van der Waals surface area contributed by atoms with Crippen molar-refractivity contribution in [2.45, 2.75) is 40.3 Å². The highest BCUT2D eigenvalue weighted by Crippen LogP contribution is 2.21. The average molecular weight is 541 g/mol. The van der Waals surface area contributed by atoms with E-state index in [0.29, 0.717) is 38.9 Å². The molecule has 7 heteroatoms. The number of nitrogens with one attached hydrogen (secondary N) is 2. The lowest BCUT2D eigenvalue weighted by atomic mass is 10.1. The first-order valence-corrected chi connectivity index (χ1v) is 10.6. The van der Waals surface area contributed by atoms with Crippen LogP contribution < -0.4 is 15.4 Å². The summed E-state index contributed by atoms with van der Waals surface area (Å²) < 4.78 is 11.3. The van der Waals surface area contributed by atoms with E-state index in [1.807, 2.05) is 64.1 Å². The Morgan fingerprint density at radius 2 is 1.81 bits per heavy atom. The van der Waals surface area contributed by atoms with Crippen molar-refractivity contribution in [3.8, 4) is 5.75 Å². The molecular weight excluding hydrogens is 505 g/mol. The Bertz CT molecular complexity index is 814. The second-order valence-electron chi connectivity index (χ2n) is 7.16. The van der Waals surface area contributed by atoms with Crippen LogP contribution in [0.3, 0.4) is 0 Å². The fraction of sp³-hybridized carbons (Fsp3) is 0.458. The summed E-state index contributed by atoms with van der Waals surface area (Å²) in [4.78, 5) is 4.67. The van der Waals surface area contributed by atoms with Gasteiger partial charge in [-0.25, -0.2) is 4.99 Å². The largest absolute Gasteiger partial charge is 0.491 e. The van der Waals surface area contributed by atoms with Crippen LogP contribution in [0.15, 0.2) is 47.5 Å². The van der Waals surface area contributed by atoms with Gasteiger partial charge in [0.25, 0.3) is 0 Å². The number of guanidine groups is 1. The van der Waals surface area contributed by atoms with Crippen LogP contribution in [0.2, 0.25) is 0 Å². The number of rotatable bonds is 11. The van der Waals surface area contributed by atoms with Gasteiger partial charge in [-0.1, -0.05) is 42.0 Å². The number of aliphatic imine (C=N–C) groups is 1. The second-order valence-corrected chi connectivity index (χ2v) is 7.16. The van der Waals surface area contributed by atoms with E-state index in [9.17, 15) is 5.11 Å². The molecule has 0 heterocycles. The maximum atomic E-state index is 10.5. The summed E-state index contributed by atoms with van der Waals surface area (Å²) in [5.41, 5.74) is 4.17. The van der Waals surface area contributed by atoms with Crippen LogP contribution in [0.25, 0.3) is 0 Å². The monoisotopic (exact) mass is 541 g/mol. The molecule has 0 aliphatic heterocycles. The van der Waals surface area contributed by atoms with Gasteiger partial charge < -0.3 is 25.2 Å². The Kier molecular flexibility index (Phi) is 13.2. The van der Waals surface area contributed by atoms with Crippen LogP contribution in [0.4, 0.5) is 0 Å². The van der Waals surface area contributed by atoms with Crippen LogP contribution in [-0.2, 0) is 11.3 Å². The Hall–Kier alpha value is -1.84. The molecule has 31 heavy (non-hydrogen) atoms. The van der Waals surface area contributed by atoms with E-state index >= 15 is 0 Å². The minimum absolute atomic E-state index is 0. The third-order valence-corrected chi connectivity index (χ3v) is 4.55. The molecule has 6 nitrogen and oxygen atoms in total. The van der Waals surface area contributed by atoms with Gasteiger partial charge in [0.2, 0.25) is 0 Å². The molecule has 0 aromatic heterocycles. The summed E-state index contributed by atoms with van der Waals surface area (Å²) in [7, 11) is 0. The van der Waals surface area contributed by atoms with Gasteiger partial charge in [-0.15, -0.1) is 24.0 Å². The number of aliphatic hydroxyl groups excluding tert-OH is 1. The Morgan fingerprint density at radius 3 is 2.52 bits per heavy atom. The lowest BCUT2D eigenvalue weighted by Gasteiger charge is -2.16. The van der Waals surface area contributed by atoms with E-state index < -0.39 is 6.10 Å². The Morgan fingerprint density at radius 1 is 1.03 bits per heavy atom. The maximum absolute atomic E-state index is 10.5. The third kappa shape index (κ3) is 9.88. The number of ether oxygens (including phenoxy) is 2. The summed E-state index contributed by atoms with van der Waals surface area (Å²) in [6, 6.07) is 14.0. The molecule has 0 aliphatic carbocycles. The zero-order valence-corrected chi connectivity index (χ0v) is 21.3. The van der Waals surface area contributed by atoms with Gasteiger partial charge in [-0.2, -0.15) is 0 Å². The quantitative estimate of drug-likeness (QED) is 0.173. The summed E-state index contributed by atoms with van der Waals surface area (Å²) in [6.07, 6.45) is -0.606. The highest BCUT2D eigenvalue weighted by Gasteiger charge is 2.09. The predicted octanol–water partition coefficient (Wildman–Crippen LogP) is 4.13. The summed E-state index contributed by atoms with van der Waals surface area (Å²) in [5, 5.41) is 16.9. The van der Waals surface area contributed by atoms with Crippen molar-refractivity contribution < 1.29 is 14.6 Å².